The zero-order chi connectivity index (χ0) is 19.7. The molecule has 0 radical (unpaired) electrons. The summed E-state index contributed by atoms with van der Waals surface area (Å²) in [7, 11) is 0. The number of hydrazine groups is 1. The second-order valence-electron chi connectivity index (χ2n) is 6.56. The molecule has 1 fully saturated rings. The molecule has 2 amide bonds. The second kappa shape index (κ2) is 7.26. The molecule has 2 heterocycles. The molecule has 0 unspecified atom stereocenters. The average Bonchev–Trinajstić information content (AvgIpc) is 3.48. The zero-order valence-corrected chi connectivity index (χ0v) is 15.0. The SMILES string of the molecule is Cc1noc2nc(C3CC3)cc(C(=O)NNC(=O)COc3ccc(F)cc3)c12. The number of carbonyl (C=O) groups is 2. The van der Waals surface area contributed by atoms with Gasteiger partial charge in [-0.2, -0.15) is 0 Å². The van der Waals surface area contributed by atoms with Crippen molar-refractivity contribution < 1.29 is 23.2 Å². The van der Waals surface area contributed by atoms with Gasteiger partial charge in [-0.05, 0) is 50.1 Å². The van der Waals surface area contributed by atoms with E-state index in [0.717, 1.165) is 18.5 Å². The number of hydrogen-bond acceptors (Lipinski definition) is 6. The summed E-state index contributed by atoms with van der Waals surface area (Å²) in [4.78, 5) is 29.0. The fraction of sp³-hybridized carbons (Fsp3) is 0.263. The van der Waals surface area contributed by atoms with Crippen LogP contribution in [0.2, 0.25) is 0 Å². The number of halogens is 1. The number of hydrogen-bond donors (Lipinski definition) is 2. The monoisotopic (exact) mass is 384 g/mol. The van der Waals surface area contributed by atoms with Gasteiger partial charge in [0, 0.05) is 11.6 Å². The lowest BCUT2D eigenvalue weighted by atomic mass is 10.1. The molecule has 1 aliphatic rings. The lowest BCUT2D eigenvalue weighted by Crippen LogP contribution is -2.44. The molecule has 0 aliphatic heterocycles. The normalized spacial score (nSPS) is 13.4. The Balaban J connectivity index is 1.41. The van der Waals surface area contributed by atoms with E-state index < -0.39 is 17.6 Å². The Hall–Kier alpha value is -3.49. The van der Waals surface area contributed by atoms with Gasteiger partial charge in [-0.15, -0.1) is 0 Å². The van der Waals surface area contributed by atoms with Crippen LogP contribution in [0.3, 0.4) is 0 Å². The molecular weight excluding hydrogens is 367 g/mol. The minimum absolute atomic E-state index is 0.304. The molecular formula is C19H17FN4O4. The van der Waals surface area contributed by atoms with Crippen LogP contribution in [0.25, 0.3) is 11.1 Å². The zero-order valence-electron chi connectivity index (χ0n) is 15.0. The number of aromatic nitrogens is 2. The van der Waals surface area contributed by atoms with Gasteiger partial charge in [0.2, 0.25) is 0 Å². The summed E-state index contributed by atoms with van der Waals surface area (Å²) in [5.41, 5.74) is 6.62. The Bertz CT molecular complexity index is 1040. The van der Waals surface area contributed by atoms with E-state index >= 15 is 0 Å². The summed E-state index contributed by atoms with van der Waals surface area (Å²) in [6.07, 6.45) is 2.04. The van der Waals surface area contributed by atoms with Crippen molar-refractivity contribution >= 4 is 22.9 Å². The van der Waals surface area contributed by atoms with Gasteiger partial charge in [-0.25, -0.2) is 9.37 Å². The number of nitrogens with zero attached hydrogens (tertiary/aromatic N) is 2. The molecule has 9 heteroatoms. The standard InChI is InChI=1S/C19H17FN4O4/c1-10-17-14(8-15(11-2-3-11)21-19(17)28-24-10)18(26)23-22-16(25)9-27-13-6-4-12(20)5-7-13/h4-8,11H,2-3,9H2,1H3,(H,22,25)(H,23,26). The van der Waals surface area contributed by atoms with E-state index in [4.69, 9.17) is 9.26 Å². The van der Waals surface area contributed by atoms with Crippen LogP contribution in [0.4, 0.5) is 4.39 Å². The van der Waals surface area contributed by atoms with E-state index in [1.165, 1.54) is 24.3 Å². The van der Waals surface area contributed by atoms with E-state index in [0.29, 0.717) is 34.0 Å². The predicted octanol–water partition coefficient (Wildman–Crippen LogP) is 2.39. The van der Waals surface area contributed by atoms with E-state index in [1.807, 2.05) is 0 Å². The summed E-state index contributed by atoms with van der Waals surface area (Å²) in [5, 5.41) is 4.39. The Morgan fingerprint density at radius 1 is 1.25 bits per heavy atom. The van der Waals surface area contributed by atoms with Crippen molar-refractivity contribution in [2.24, 2.45) is 0 Å². The Morgan fingerprint density at radius 3 is 2.71 bits per heavy atom. The third-order valence-corrected chi connectivity index (χ3v) is 4.38. The molecule has 0 bridgehead atoms. The molecule has 28 heavy (non-hydrogen) atoms. The number of amides is 2. The second-order valence-corrected chi connectivity index (χ2v) is 6.56. The first-order valence-electron chi connectivity index (χ1n) is 8.75. The number of nitrogens with one attached hydrogen (secondary N) is 2. The summed E-state index contributed by atoms with van der Waals surface area (Å²) < 4.78 is 23.3. The summed E-state index contributed by atoms with van der Waals surface area (Å²) in [5.74, 6) is -0.807. The molecule has 1 aromatic carbocycles. The minimum Gasteiger partial charge on any atom is -0.484 e. The van der Waals surface area contributed by atoms with E-state index in [2.05, 4.69) is 21.0 Å². The quantitative estimate of drug-likeness (QED) is 0.654. The molecule has 8 nitrogen and oxygen atoms in total. The highest BCUT2D eigenvalue weighted by Crippen LogP contribution is 2.40. The van der Waals surface area contributed by atoms with Gasteiger partial charge in [0.15, 0.2) is 6.61 Å². The van der Waals surface area contributed by atoms with Crippen LogP contribution in [0.1, 0.15) is 40.5 Å². The molecule has 3 aromatic rings. The molecule has 144 valence electrons. The summed E-state index contributed by atoms with van der Waals surface area (Å²) >= 11 is 0. The van der Waals surface area contributed by atoms with E-state index in [-0.39, 0.29) is 6.61 Å². The fourth-order valence-corrected chi connectivity index (χ4v) is 2.79. The van der Waals surface area contributed by atoms with Gasteiger partial charge >= 0.3 is 0 Å². The molecule has 4 rings (SSSR count). The third kappa shape index (κ3) is 3.78. The van der Waals surface area contributed by atoms with Gasteiger partial charge in [-0.1, -0.05) is 5.16 Å². The summed E-state index contributed by atoms with van der Waals surface area (Å²) in [6.45, 7) is 1.38. The third-order valence-electron chi connectivity index (χ3n) is 4.38. The molecule has 0 atom stereocenters. The van der Waals surface area contributed by atoms with Crippen molar-refractivity contribution in [2.45, 2.75) is 25.7 Å². The lowest BCUT2D eigenvalue weighted by molar-refractivity contribution is -0.123. The number of pyridine rings is 1. The molecule has 2 aromatic heterocycles. The van der Waals surface area contributed by atoms with Crippen molar-refractivity contribution in [1.29, 1.82) is 0 Å². The van der Waals surface area contributed by atoms with Crippen LogP contribution in [-0.2, 0) is 4.79 Å². The van der Waals surface area contributed by atoms with Crippen molar-refractivity contribution in [3.8, 4) is 5.75 Å². The number of benzene rings is 1. The molecule has 1 saturated carbocycles. The minimum atomic E-state index is -0.563. The van der Waals surface area contributed by atoms with Crippen molar-refractivity contribution in [3.63, 3.8) is 0 Å². The predicted molar refractivity (Wildman–Crippen MR) is 96.0 cm³/mol. The van der Waals surface area contributed by atoms with Gasteiger partial charge in [-0.3, -0.25) is 20.4 Å². The first-order valence-corrected chi connectivity index (χ1v) is 8.75. The highest BCUT2D eigenvalue weighted by atomic mass is 19.1. The Morgan fingerprint density at radius 2 is 2.00 bits per heavy atom. The Kier molecular flexibility index (Phi) is 4.64. The van der Waals surface area contributed by atoms with Crippen LogP contribution < -0.4 is 15.6 Å². The maximum atomic E-state index is 12.9. The number of fused-ring (bicyclic) bond motifs is 1. The molecule has 0 spiro atoms. The van der Waals surface area contributed by atoms with Crippen molar-refractivity contribution in [3.05, 3.63) is 53.1 Å². The van der Waals surface area contributed by atoms with Crippen LogP contribution in [-0.4, -0.2) is 28.6 Å². The number of ether oxygens (including phenoxy) is 1. The van der Waals surface area contributed by atoms with Gasteiger partial charge in [0.1, 0.15) is 11.6 Å². The number of aryl methyl sites for hydroxylation is 1. The van der Waals surface area contributed by atoms with Crippen LogP contribution in [0, 0.1) is 12.7 Å². The van der Waals surface area contributed by atoms with Gasteiger partial charge in [0.25, 0.3) is 17.5 Å². The lowest BCUT2D eigenvalue weighted by Gasteiger charge is -2.10. The van der Waals surface area contributed by atoms with Gasteiger partial charge < -0.3 is 9.26 Å². The van der Waals surface area contributed by atoms with E-state index in [9.17, 15) is 14.0 Å². The highest BCUT2D eigenvalue weighted by Gasteiger charge is 2.28. The van der Waals surface area contributed by atoms with E-state index in [1.54, 1.807) is 13.0 Å². The van der Waals surface area contributed by atoms with Crippen molar-refractivity contribution in [2.75, 3.05) is 6.61 Å². The average molecular weight is 384 g/mol. The maximum Gasteiger partial charge on any atom is 0.276 e. The first-order chi connectivity index (χ1) is 13.5. The largest absolute Gasteiger partial charge is 0.484 e. The molecule has 1 aliphatic carbocycles. The summed E-state index contributed by atoms with van der Waals surface area (Å²) in [6, 6.07) is 6.97. The van der Waals surface area contributed by atoms with Crippen LogP contribution >= 0.6 is 0 Å². The van der Waals surface area contributed by atoms with Crippen molar-refractivity contribution in [1.82, 2.24) is 21.0 Å². The fourth-order valence-electron chi connectivity index (χ4n) is 2.79. The molecule has 2 N–H and O–H groups in total. The highest BCUT2D eigenvalue weighted by molar-refractivity contribution is 6.06. The number of carbonyl (C=O) groups excluding carboxylic acids is 2. The van der Waals surface area contributed by atoms with Crippen LogP contribution in [0.5, 0.6) is 5.75 Å². The molecule has 0 saturated heterocycles. The van der Waals surface area contributed by atoms with Gasteiger partial charge in [0.05, 0.1) is 16.6 Å². The topological polar surface area (TPSA) is 106 Å². The Labute approximate surface area is 159 Å². The smallest absolute Gasteiger partial charge is 0.276 e. The number of rotatable bonds is 5. The van der Waals surface area contributed by atoms with Crippen LogP contribution in [0.15, 0.2) is 34.9 Å². The maximum absolute atomic E-state index is 12.9. The first kappa shape index (κ1) is 17.9.